The van der Waals surface area contributed by atoms with Gasteiger partial charge < -0.3 is 4.90 Å². The molecule has 0 radical (unpaired) electrons. The Balaban J connectivity index is 1.69. The third-order valence-electron chi connectivity index (χ3n) is 5.19. The number of benzene rings is 1. The summed E-state index contributed by atoms with van der Waals surface area (Å²) in [4.78, 5) is 25.3. The monoisotopic (exact) mass is 362 g/mol. The first-order valence-electron chi connectivity index (χ1n) is 8.66. The molecule has 0 fully saturated rings. The summed E-state index contributed by atoms with van der Waals surface area (Å²) in [5.74, 6) is 0. The summed E-state index contributed by atoms with van der Waals surface area (Å²) < 4.78 is 2.51. The van der Waals surface area contributed by atoms with Gasteiger partial charge in [0.15, 0.2) is 0 Å². The van der Waals surface area contributed by atoms with Crippen LogP contribution in [0.4, 0.5) is 5.69 Å². The van der Waals surface area contributed by atoms with Gasteiger partial charge in [0.2, 0.25) is 0 Å². The molecule has 0 saturated heterocycles. The Labute approximate surface area is 154 Å². The molecule has 0 atom stereocenters. The van der Waals surface area contributed by atoms with E-state index in [1.165, 1.54) is 22.5 Å². The molecule has 26 heavy (non-hydrogen) atoms. The minimum atomic E-state index is 0.0421. The third-order valence-corrected chi connectivity index (χ3v) is 6.26. The highest BCUT2D eigenvalue weighted by molar-refractivity contribution is 7.25. The molecule has 1 aromatic carbocycles. The molecule has 0 N–H and O–H groups in total. The second-order valence-electron chi connectivity index (χ2n) is 6.97. The van der Waals surface area contributed by atoms with Crippen molar-refractivity contribution in [3.8, 4) is 0 Å². The Kier molecular flexibility index (Phi) is 3.37. The van der Waals surface area contributed by atoms with Crippen molar-refractivity contribution >= 4 is 37.5 Å². The Morgan fingerprint density at radius 2 is 1.85 bits per heavy atom. The van der Waals surface area contributed by atoms with E-state index >= 15 is 0 Å². The maximum absolute atomic E-state index is 13.2. The van der Waals surface area contributed by atoms with E-state index in [0.717, 1.165) is 34.3 Å². The van der Waals surface area contributed by atoms with Crippen molar-refractivity contribution in [1.29, 1.82) is 0 Å². The first-order chi connectivity index (χ1) is 12.6. The van der Waals surface area contributed by atoms with E-state index in [-0.39, 0.29) is 11.6 Å². The van der Waals surface area contributed by atoms with E-state index in [2.05, 4.69) is 34.2 Å². The number of pyridine rings is 1. The molecule has 3 aromatic heterocycles. The molecule has 3 heterocycles. The lowest BCUT2D eigenvalue weighted by atomic mass is 10.1. The molecule has 0 spiro atoms. The third kappa shape index (κ3) is 2.18. The minimum absolute atomic E-state index is 0.0421. The summed E-state index contributed by atoms with van der Waals surface area (Å²) in [5.41, 5.74) is 4.51. The van der Waals surface area contributed by atoms with Gasteiger partial charge >= 0.3 is 0 Å². The zero-order chi connectivity index (χ0) is 17.8. The molecule has 0 unspecified atom stereocenters. The SMILES string of the molecule is CN(C)c1ccnc2sc3c(=O)n(C4Cc5ccccc5C4)cnc3c12. The topological polar surface area (TPSA) is 51.0 Å². The van der Waals surface area contributed by atoms with E-state index in [1.807, 2.05) is 29.6 Å². The number of aromatic nitrogens is 3. The standard InChI is InChI=1S/C20H18N4OS/c1-23(2)15-7-8-21-19-16(15)17-18(26-19)20(25)24(11-22-17)14-9-12-5-3-4-6-13(12)10-14/h3-8,11,14H,9-10H2,1-2H3. The van der Waals surface area contributed by atoms with E-state index < -0.39 is 0 Å². The second kappa shape index (κ2) is 5.64. The van der Waals surface area contributed by atoms with Gasteiger partial charge in [0.05, 0.1) is 22.9 Å². The summed E-state index contributed by atoms with van der Waals surface area (Å²) in [7, 11) is 3.99. The van der Waals surface area contributed by atoms with Crippen molar-refractivity contribution in [3.63, 3.8) is 0 Å². The first-order valence-corrected chi connectivity index (χ1v) is 9.47. The number of hydrogen-bond donors (Lipinski definition) is 0. The van der Waals surface area contributed by atoms with E-state index in [4.69, 9.17) is 0 Å². The van der Waals surface area contributed by atoms with Gasteiger partial charge in [-0.25, -0.2) is 9.97 Å². The van der Waals surface area contributed by atoms with Crippen LogP contribution in [0.5, 0.6) is 0 Å². The number of thiophene rings is 1. The van der Waals surface area contributed by atoms with Crippen LogP contribution in [0.15, 0.2) is 47.7 Å². The predicted octanol–water partition coefficient (Wildman–Crippen LogP) is 3.41. The normalized spacial score (nSPS) is 14.2. The van der Waals surface area contributed by atoms with Gasteiger partial charge in [0.25, 0.3) is 5.56 Å². The van der Waals surface area contributed by atoms with Gasteiger partial charge in [-0.3, -0.25) is 9.36 Å². The Hall–Kier alpha value is -2.73. The average Bonchev–Trinajstić information content (AvgIpc) is 3.23. The van der Waals surface area contributed by atoms with Crippen LogP contribution < -0.4 is 10.5 Å². The maximum atomic E-state index is 13.2. The molecular weight excluding hydrogens is 344 g/mol. The lowest BCUT2D eigenvalue weighted by Crippen LogP contribution is -2.25. The van der Waals surface area contributed by atoms with Crippen molar-refractivity contribution in [2.75, 3.05) is 19.0 Å². The predicted molar refractivity (Wildman–Crippen MR) is 106 cm³/mol. The highest BCUT2D eigenvalue weighted by atomic mass is 32.1. The van der Waals surface area contributed by atoms with E-state index in [9.17, 15) is 4.79 Å². The molecule has 5 rings (SSSR count). The smallest absolute Gasteiger partial charge is 0.271 e. The molecule has 5 nitrogen and oxygen atoms in total. The van der Waals surface area contributed by atoms with Crippen LogP contribution >= 0.6 is 11.3 Å². The van der Waals surface area contributed by atoms with Crippen LogP contribution in [0.2, 0.25) is 0 Å². The van der Waals surface area contributed by atoms with Crippen LogP contribution in [0.25, 0.3) is 20.4 Å². The van der Waals surface area contributed by atoms with Crippen molar-refractivity contribution in [1.82, 2.24) is 14.5 Å². The summed E-state index contributed by atoms with van der Waals surface area (Å²) in [6.45, 7) is 0. The van der Waals surface area contributed by atoms with Gasteiger partial charge in [-0.05, 0) is 30.0 Å². The van der Waals surface area contributed by atoms with Gasteiger partial charge in [0.1, 0.15) is 9.53 Å². The Bertz CT molecular complexity index is 1180. The largest absolute Gasteiger partial charge is 0.377 e. The fourth-order valence-electron chi connectivity index (χ4n) is 3.91. The maximum Gasteiger partial charge on any atom is 0.271 e. The van der Waals surface area contributed by atoms with Gasteiger partial charge in [-0.1, -0.05) is 24.3 Å². The van der Waals surface area contributed by atoms with Crippen LogP contribution in [0.1, 0.15) is 17.2 Å². The summed E-state index contributed by atoms with van der Waals surface area (Å²) in [6, 6.07) is 10.5. The van der Waals surface area contributed by atoms with Crippen molar-refractivity contribution in [2.45, 2.75) is 18.9 Å². The first kappa shape index (κ1) is 15.5. The molecule has 130 valence electrons. The van der Waals surface area contributed by atoms with Gasteiger partial charge in [0, 0.05) is 26.3 Å². The fraction of sp³-hybridized carbons (Fsp3) is 0.250. The van der Waals surface area contributed by atoms with Crippen LogP contribution in [0, 0.1) is 0 Å². The zero-order valence-electron chi connectivity index (χ0n) is 14.6. The minimum Gasteiger partial charge on any atom is -0.377 e. The summed E-state index contributed by atoms with van der Waals surface area (Å²) in [6.07, 6.45) is 5.28. The molecule has 0 saturated carbocycles. The highest BCUT2D eigenvalue weighted by Gasteiger charge is 2.25. The quantitative estimate of drug-likeness (QED) is 0.548. The molecule has 1 aliphatic rings. The number of fused-ring (bicyclic) bond motifs is 4. The van der Waals surface area contributed by atoms with E-state index in [1.54, 1.807) is 12.5 Å². The van der Waals surface area contributed by atoms with E-state index in [0.29, 0.717) is 4.70 Å². The lowest BCUT2D eigenvalue weighted by Gasteiger charge is -2.14. The van der Waals surface area contributed by atoms with Crippen molar-refractivity contribution < 1.29 is 0 Å². The molecular formula is C20H18N4OS. The Morgan fingerprint density at radius 1 is 1.12 bits per heavy atom. The average molecular weight is 362 g/mol. The lowest BCUT2D eigenvalue weighted by molar-refractivity contribution is 0.509. The van der Waals surface area contributed by atoms with Crippen molar-refractivity contribution in [3.05, 3.63) is 64.3 Å². The van der Waals surface area contributed by atoms with Crippen LogP contribution in [-0.4, -0.2) is 28.6 Å². The number of anilines is 1. The highest BCUT2D eigenvalue weighted by Crippen LogP contribution is 2.36. The fourth-order valence-corrected chi connectivity index (χ4v) is 4.97. The van der Waals surface area contributed by atoms with Crippen LogP contribution in [-0.2, 0) is 12.8 Å². The molecule has 4 aromatic rings. The zero-order valence-corrected chi connectivity index (χ0v) is 15.5. The molecule has 0 bridgehead atoms. The molecule has 0 amide bonds. The number of rotatable bonds is 2. The molecule has 1 aliphatic carbocycles. The summed E-state index contributed by atoms with van der Waals surface area (Å²) in [5, 5.41) is 0.969. The molecule has 0 aliphatic heterocycles. The Morgan fingerprint density at radius 3 is 2.54 bits per heavy atom. The van der Waals surface area contributed by atoms with Crippen LogP contribution in [0.3, 0.4) is 0 Å². The van der Waals surface area contributed by atoms with Gasteiger partial charge in [-0.2, -0.15) is 0 Å². The number of nitrogens with zero attached hydrogens (tertiary/aromatic N) is 4. The molecule has 6 heteroatoms. The van der Waals surface area contributed by atoms with Gasteiger partial charge in [-0.15, -0.1) is 11.3 Å². The second-order valence-corrected chi connectivity index (χ2v) is 7.97. The van der Waals surface area contributed by atoms with Crippen molar-refractivity contribution in [2.24, 2.45) is 0 Å². The number of hydrogen-bond acceptors (Lipinski definition) is 5. The summed E-state index contributed by atoms with van der Waals surface area (Å²) >= 11 is 1.44.